The van der Waals surface area contributed by atoms with E-state index in [9.17, 15) is 4.79 Å². The van der Waals surface area contributed by atoms with Crippen LogP contribution < -0.4 is 0 Å². The Morgan fingerprint density at radius 2 is 1.55 bits per heavy atom. The lowest BCUT2D eigenvalue weighted by Gasteiger charge is -2.08. The van der Waals surface area contributed by atoms with Gasteiger partial charge < -0.3 is 5.11 Å². The zero-order valence-corrected chi connectivity index (χ0v) is 12.9. The van der Waals surface area contributed by atoms with Gasteiger partial charge in [0.25, 0.3) is 0 Å². The molecule has 0 spiro atoms. The van der Waals surface area contributed by atoms with Crippen LogP contribution in [0.3, 0.4) is 0 Å². The summed E-state index contributed by atoms with van der Waals surface area (Å²) in [6.07, 6.45) is 5.50. The quantitative estimate of drug-likeness (QED) is 0.621. The minimum atomic E-state index is -0.920. The molecule has 2 aromatic carbocycles. The lowest BCUT2D eigenvalue weighted by atomic mass is 10.2. The Bertz CT molecular complexity index is 700. The van der Waals surface area contributed by atoms with E-state index in [-0.39, 0.29) is 16.5 Å². The first-order valence-electron chi connectivity index (χ1n) is 6.75. The molecule has 1 atom stereocenters. The Morgan fingerprint density at radius 1 is 0.955 bits per heavy atom. The molecule has 0 radical (unpaired) electrons. The predicted octanol–water partition coefficient (Wildman–Crippen LogP) is 4.68. The fourth-order valence-electron chi connectivity index (χ4n) is 2.03. The smallest absolute Gasteiger partial charge is 0.335 e. The molecule has 0 saturated heterocycles. The maximum atomic E-state index is 11.0. The van der Waals surface area contributed by atoms with Crippen LogP contribution in [0, 0.1) is 0 Å². The van der Waals surface area contributed by atoms with E-state index in [0.717, 1.165) is 14.7 Å². The highest BCUT2D eigenvalue weighted by atomic mass is 32.2. The number of carboxylic acid groups (broad SMARTS) is 1. The highest BCUT2D eigenvalue weighted by Crippen LogP contribution is 2.31. The average molecular weight is 309 g/mol. The van der Waals surface area contributed by atoms with Crippen LogP contribution in [-0.2, 0) is 10.9 Å². The van der Waals surface area contributed by atoms with E-state index in [4.69, 9.17) is 5.11 Å². The van der Waals surface area contributed by atoms with Crippen molar-refractivity contribution in [2.24, 2.45) is 0 Å². The summed E-state index contributed by atoms with van der Waals surface area (Å²) in [5.41, 5.74) is 0.285. The summed E-state index contributed by atoms with van der Waals surface area (Å²) in [7, 11) is -0.332. The number of aromatic carboxylic acids is 1. The normalized spacial score (nSPS) is 12.5. The Hall–Kier alpha value is -2.52. The van der Waals surface area contributed by atoms with Crippen LogP contribution >= 0.6 is 0 Å². The molecule has 1 unspecified atom stereocenters. The molecule has 0 saturated carbocycles. The zero-order chi connectivity index (χ0) is 15.9. The van der Waals surface area contributed by atoms with Crippen LogP contribution in [0.2, 0.25) is 0 Å². The first-order chi connectivity index (χ1) is 10.7. The number of benzene rings is 2. The van der Waals surface area contributed by atoms with E-state index in [2.05, 4.69) is 25.3 Å². The van der Waals surface area contributed by atoms with Crippen molar-refractivity contribution in [1.82, 2.24) is 0 Å². The van der Waals surface area contributed by atoms with E-state index in [0.29, 0.717) is 0 Å². The maximum Gasteiger partial charge on any atom is 0.335 e. The minimum Gasteiger partial charge on any atom is -0.478 e. The fourth-order valence-corrected chi connectivity index (χ4v) is 4.09. The minimum absolute atomic E-state index is 0.285. The number of hydrogen-bond donors (Lipinski definition) is 1. The standard InChI is InChI=1S/C19H16O2S/c1-3-8-16(4-2)22(17-9-6-5-7-10-17)18-13-11-15(12-14-18)19(20)21/h3-14H,1-2H2/p+1/b16-8+. The molecule has 0 aliphatic rings. The summed E-state index contributed by atoms with van der Waals surface area (Å²) >= 11 is 0. The van der Waals surface area contributed by atoms with E-state index in [1.807, 2.05) is 42.5 Å². The number of allylic oxidation sites excluding steroid dienone is 3. The van der Waals surface area contributed by atoms with Gasteiger partial charge in [-0.05, 0) is 48.6 Å². The van der Waals surface area contributed by atoms with Crippen LogP contribution in [0.25, 0.3) is 0 Å². The van der Waals surface area contributed by atoms with Crippen LogP contribution in [-0.4, -0.2) is 11.1 Å². The monoisotopic (exact) mass is 309 g/mol. The molecule has 0 amide bonds. The van der Waals surface area contributed by atoms with Gasteiger partial charge in [-0.1, -0.05) is 37.4 Å². The van der Waals surface area contributed by atoms with Gasteiger partial charge >= 0.3 is 5.97 Å². The topological polar surface area (TPSA) is 37.3 Å². The average Bonchev–Trinajstić information content (AvgIpc) is 2.56. The van der Waals surface area contributed by atoms with Crippen molar-refractivity contribution in [2.45, 2.75) is 9.79 Å². The van der Waals surface area contributed by atoms with Crippen molar-refractivity contribution in [1.29, 1.82) is 0 Å². The second-order valence-corrected chi connectivity index (χ2v) is 6.48. The third kappa shape index (κ3) is 3.57. The molecule has 2 rings (SSSR count). The predicted molar refractivity (Wildman–Crippen MR) is 92.2 cm³/mol. The molecule has 0 aromatic heterocycles. The Balaban J connectivity index is 2.53. The van der Waals surface area contributed by atoms with Gasteiger partial charge in [0.05, 0.1) is 16.5 Å². The molecule has 22 heavy (non-hydrogen) atoms. The molecule has 1 N–H and O–H groups in total. The first kappa shape index (κ1) is 15.9. The van der Waals surface area contributed by atoms with Crippen molar-refractivity contribution >= 4 is 16.9 Å². The molecule has 2 aromatic rings. The number of hydrogen-bond acceptors (Lipinski definition) is 1. The summed E-state index contributed by atoms with van der Waals surface area (Å²) < 4.78 is 0. The van der Waals surface area contributed by atoms with Crippen molar-refractivity contribution < 1.29 is 9.90 Å². The summed E-state index contributed by atoms with van der Waals surface area (Å²) in [6, 6.07) is 17.1. The maximum absolute atomic E-state index is 11.0. The third-order valence-corrected chi connectivity index (χ3v) is 5.30. The van der Waals surface area contributed by atoms with Crippen molar-refractivity contribution in [3.8, 4) is 0 Å². The molecule has 0 bridgehead atoms. The summed E-state index contributed by atoms with van der Waals surface area (Å²) in [6.45, 7) is 7.65. The van der Waals surface area contributed by atoms with E-state index in [1.165, 1.54) is 0 Å². The third-order valence-electron chi connectivity index (χ3n) is 3.03. The molecule has 2 nitrogen and oxygen atoms in total. The summed E-state index contributed by atoms with van der Waals surface area (Å²) in [4.78, 5) is 14.2. The van der Waals surface area contributed by atoms with Gasteiger partial charge in [-0.15, -0.1) is 0 Å². The van der Waals surface area contributed by atoms with E-state index in [1.54, 1.807) is 18.2 Å². The Morgan fingerprint density at radius 3 is 2.05 bits per heavy atom. The highest BCUT2D eigenvalue weighted by Gasteiger charge is 2.29. The van der Waals surface area contributed by atoms with E-state index < -0.39 is 5.97 Å². The lowest BCUT2D eigenvalue weighted by molar-refractivity contribution is 0.0697. The van der Waals surface area contributed by atoms with Gasteiger partial charge in [0.15, 0.2) is 14.7 Å². The number of carboxylic acids is 1. The molecule has 0 aliphatic carbocycles. The number of rotatable bonds is 6. The molecular weight excluding hydrogens is 292 g/mol. The molecule has 0 aliphatic heterocycles. The second kappa shape index (κ2) is 7.48. The van der Waals surface area contributed by atoms with Crippen molar-refractivity contribution in [3.05, 3.63) is 96.5 Å². The highest BCUT2D eigenvalue weighted by molar-refractivity contribution is 8.00. The second-order valence-electron chi connectivity index (χ2n) is 4.46. The van der Waals surface area contributed by atoms with Crippen LogP contribution in [0.4, 0.5) is 0 Å². The van der Waals surface area contributed by atoms with E-state index >= 15 is 0 Å². The lowest BCUT2D eigenvalue weighted by Crippen LogP contribution is -2.06. The van der Waals surface area contributed by atoms with Gasteiger partial charge in [-0.2, -0.15) is 0 Å². The fraction of sp³-hybridized carbons (Fsp3) is 0. The van der Waals surface area contributed by atoms with Gasteiger partial charge in [0.2, 0.25) is 0 Å². The van der Waals surface area contributed by atoms with Crippen molar-refractivity contribution in [2.75, 3.05) is 0 Å². The van der Waals surface area contributed by atoms with Gasteiger partial charge in [0, 0.05) is 0 Å². The van der Waals surface area contributed by atoms with Gasteiger partial charge in [-0.25, -0.2) is 4.79 Å². The summed E-state index contributed by atoms with van der Waals surface area (Å²) in [5, 5.41) is 9.03. The molecule has 110 valence electrons. The number of carbonyl (C=O) groups is 1. The summed E-state index contributed by atoms with van der Waals surface area (Å²) in [5.74, 6) is -0.920. The van der Waals surface area contributed by atoms with Crippen LogP contribution in [0.5, 0.6) is 0 Å². The SMILES string of the molecule is C=C/C=C(\C=C)[S+](c1ccccc1)c1ccc(C(=O)O)cc1. The first-order valence-corrected chi connectivity index (χ1v) is 7.97. The molecule has 0 heterocycles. The molecule has 0 fully saturated rings. The Kier molecular flexibility index (Phi) is 5.39. The largest absolute Gasteiger partial charge is 0.478 e. The van der Waals surface area contributed by atoms with Crippen LogP contribution in [0.1, 0.15) is 10.4 Å². The molecular formula is C19H17O2S+. The molecule has 3 heteroatoms. The van der Waals surface area contributed by atoms with Gasteiger partial charge in [-0.3, -0.25) is 0 Å². The van der Waals surface area contributed by atoms with Crippen molar-refractivity contribution in [3.63, 3.8) is 0 Å². The van der Waals surface area contributed by atoms with Crippen LogP contribution in [0.15, 0.2) is 101 Å². The zero-order valence-electron chi connectivity index (χ0n) is 12.1. The van der Waals surface area contributed by atoms with Gasteiger partial charge in [0.1, 0.15) is 0 Å². The Labute approximate surface area is 133 Å².